The van der Waals surface area contributed by atoms with Crippen LogP contribution in [0.5, 0.6) is 0 Å². The average molecular weight is 214 g/mol. The lowest BCUT2D eigenvalue weighted by Crippen LogP contribution is -2.07. The molecule has 0 aromatic carbocycles. The third-order valence-electron chi connectivity index (χ3n) is 2.02. The van der Waals surface area contributed by atoms with Crippen molar-refractivity contribution in [3.8, 4) is 12.0 Å². The lowest BCUT2D eigenvalue weighted by molar-refractivity contribution is 0.764. The van der Waals surface area contributed by atoms with Crippen molar-refractivity contribution in [3.05, 3.63) is 29.1 Å². The summed E-state index contributed by atoms with van der Waals surface area (Å²) in [7, 11) is 0. The van der Waals surface area contributed by atoms with Crippen LogP contribution in [0.25, 0.3) is 5.95 Å². The number of aromatic nitrogens is 5. The molecule has 0 saturated heterocycles. The maximum atomic E-state index is 8.82. The Labute approximate surface area is 92.6 Å². The molecule has 6 heteroatoms. The van der Waals surface area contributed by atoms with Crippen molar-refractivity contribution in [2.45, 2.75) is 20.8 Å². The van der Waals surface area contributed by atoms with E-state index in [-0.39, 0.29) is 0 Å². The van der Waals surface area contributed by atoms with E-state index in [1.165, 1.54) is 4.68 Å². The molecule has 80 valence electrons. The highest BCUT2D eigenvalue weighted by molar-refractivity contribution is 5.27. The summed E-state index contributed by atoms with van der Waals surface area (Å²) < 4.78 is 1.53. The first-order chi connectivity index (χ1) is 7.60. The fourth-order valence-electron chi connectivity index (χ4n) is 1.42. The summed E-state index contributed by atoms with van der Waals surface area (Å²) in [5, 5.41) is 13.0. The van der Waals surface area contributed by atoms with Gasteiger partial charge in [0.15, 0.2) is 0 Å². The molecule has 0 fully saturated rings. The standard InChI is InChI=1S/C10H10N6/c1-6-4-9(5-11)14-10(12-6)16-8(3)13-7(2)15-16/h4H,1-3H3. The topological polar surface area (TPSA) is 80.3 Å². The van der Waals surface area contributed by atoms with Gasteiger partial charge in [0.1, 0.15) is 23.4 Å². The molecule has 0 radical (unpaired) electrons. The van der Waals surface area contributed by atoms with E-state index in [0.717, 1.165) is 5.69 Å². The van der Waals surface area contributed by atoms with Gasteiger partial charge in [0.25, 0.3) is 5.95 Å². The van der Waals surface area contributed by atoms with Gasteiger partial charge >= 0.3 is 0 Å². The smallest absolute Gasteiger partial charge is 0.217 e. The highest BCUT2D eigenvalue weighted by Gasteiger charge is 2.09. The van der Waals surface area contributed by atoms with Gasteiger partial charge in [-0.1, -0.05) is 0 Å². The first kappa shape index (κ1) is 10.2. The molecule has 2 heterocycles. The minimum Gasteiger partial charge on any atom is -0.217 e. The summed E-state index contributed by atoms with van der Waals surface area (Å²) in [4.78, 5) is 12.5. The van der Waals surface area contributed by atoms with Crippen LogP contribution in [0.1, 0.15) is 23.0 Å². The van der Waals surface area contributed by atoms with Crippen molar-refractivity contribution < 1.29 is 0 Å². The molecule has 0 atom stereocenters. The van der Waals surface area contributed by atoms with Crippen LogP contribution in [-0.2, 0) is 0 Å². The van der Waals surface area contributed by atoms with Crippen LogP contribution in [-0.4, -0.2) is 24.7 Å². The third kappa shape index (κ3) is 1.75. The van der Waals surface area contributed by atoms with E-state index in [4.69, 9.17) is 5.26 Å². The largest absolute Gasteiger partial charge is 0.253 e. The van der Waals surface area contributed by atoms with Gasteiger partial charge in [-0.25, -0.2) is 15.0 Å². The van der Waals surface area contributed by atoms with Gasteiger partial charge in [-0.2, -0.15) is 9.94 Å². The van der Waals surface area contributed by atoms with Crippen LogP contribution >= 0.6 is 0 Å². The Morgan fingerprint density at radius 1 is 1.19 bits per heavy atom. The number of aryl methyl sites for hydroxylation is 3. The fraction of sp³-hybridized carbons (Fsp3) is 0.300. The first-order valence-corrected chi connectivity index (χ1v) is 4.76. The highest BCUT2D eigenvalue weighted by Crippen LogP contribution is 2.06. The summed E-state index contributed by atoms with van der Waals surface area (Å²) in [6.45, 7) is 5.42. The molecule has 2 aromatic rings. The zero-order valence-electron chi connectivity index (χ0n) is 9.26. The lowest BCUT2D eigenvalue weighted by atomic mass is 10.3. The van der Waals surface area contributed by atoms with Crippen molar-refractivity contribution in [2.75, 3.05) is 0 Å². The van der Waals surface area contributed by atoms with Gasteiger partial charge in [-0.05, 0) is 26.8 Å². The molecule has 6 nitrogen and oxygen atoms in total. The normalized spacial score (nSPS) is 10.1. The van der Waals surface area contributed by atoms with Crippen molar-refractivity contribution >= 4 is 0 Å². The van der Waals surface area contributed by atoms with Crippen LogP contribution in [0.15, 0.2) is 6.07 Å². The molecule has 0 aliphatic carbocycles. The zero-order valence-corrected chi connectivity index (χ0v) is 9.26. The Balaban J connectivity index is 2.60. The Kier molecular flexibility index (Phi) is 2.37. The first-order valence-electron chi connectivity index (χ1n) is 4.76. The Bertz CT molecular complexity index is 577. The second kappa shape index (κ2) is 3.70. The molecule has 16 heavy (non-hydrogen) atoms. The van der Waals surface area contributed by atoms with E-state index in [0.29, 0.717) is 23.3 Å². The maximum absolute atomic E-state index is 8.82. The van der Waals surface area contributed by atoms with Gasteiger partial charge in [-0.3, -0.25) is 0 Å². The molecular formula is C10H10N6. The Morgan fingerprint density at radius 2 is 1.94 bits per heavy atom. The molecule has 0 spiro atoms. The van der Waals surface area contributed by atoms with Crippen molar-refractivity contribution in [1.82, 2.24) is 24.7 Å². The van der Waals surface area contributed by atoms with E-state index in [1.54, 1.807) is 13.0 Å². The minimum atomic E-state index is 0.329. The summed E-state index contributed by atoms with van der Waals surface area (Å²) in [5.41, 5.74) is 1.06. The number of hydrogen-bond acceptors (Lipinski definition) is 5. The van der Waals surface area contributed by atoms with E-state index in [2.05, 4.69) is 20.1 Å². The second-order valence-corrected chi connectivity index (χ2v) is 3.42. The lowest BCUT2D eigenvalue weighted by Gasteiger charge is -2.02. The molecule has 0 aliphatic rings. The SMILES string of the molecule is Cc1cc(C#N)nc(-n2nc(C)nc2C)n1. The van der Waals surface area contributed by atoms with Crippen molar-refractivity contribution in [3.63, 3.8) is 0 Å². The molecule has 2 aromatic heterocycles. The van der Waals surface area contributed by atoms with Gasteiger partial charge < -0.3 is 0 Å². The van der Waals surface area contributed by atoms with Crippen LogP contribution in [0.3, 0.4) is 0 Å². The monoisotopic (exact) mass is 214 g/mol. The predicted molar refractivity (Wildman–Crippen MR) is 55.9 cm³/mol. The summed E-state index contributed by atoms with van der Waals surface area (Å²) >= 11 is 0. The van der Waals surface area contributed by atoms with E-state index in [1.807, 2.05) is 19.9 Å². The number of rotatable bonds is 1. The molecule has 0 saturated carbocycles. The van der Waals surface area contributed by atoms with Crippen LogP contribution in [0, 0.1) is 32.1 Å². The van der Waals surface area contributed by atoms with E-state index in [9.17, 15) is 0 Å². The number of hydrogen-bond donors (Lipinski definition) is 0. The van der Waals surface area contributed by atoms with Gasteiger partial charge in [-0.15, -0.1) is 5.10 Å². The summed E-state index contributed by atoms with van der Waals surface area (Å²) in [5.74, 6) is 1.74. The van der Waals surface area contributed by atoms with Crippen LogP contribution in [0.2, 0.25) is 0 Å². The highest BCUT2D eigenvalue weighted by atomic mass is 15.4. The summed E-state index contributed by atoms with van der Waals surface area (Å²) in [6.07, 6.45) is 0. The molecule has 2 rings (SSSR count). The molecule has 0 unspecified atom stereocenters. The maximum Gasteiger partial charge on any atom is 0.253 e. The second-order valence-electron chi connectivity index (χ2n) is 3.42. The van der Waals surface area contributed by atoms with E-state index < -0.39 is 0 Å². The number of nitrogens with zero attached hydrogens (tertiary/aromatic N) is 6. The van der Waals surface area contributed by atoms with Crippen LogP contribution < -0.4 is 0 Å². The van der Waals surface area contributed by atoms with E-state index >= 15 is 0 Å². The Morgan fingerprint density at radius 3 is 2.50 bits per heavy atom. The van der Waals surface area contributed by atoms with Gasteiger partial charge in [0, 0.05) is 5.69 Å². The van der Waals surface area contributed by atoms with Crippen molar-refractivity contribution in [2.24, 2.45) is 0 Å². The van der Waals surface area contributed by atoms with Crippen LogP contribution in [0.4, 0.5) is 0 Å². The average Bonchev–Trinajstić information content (AvgIpc) is 2.57. The van der Waals surface area contributed by atoms with Gasteiger partial charge in [0.2, 0.25) is 0 Å². The molecular weight excluding hydrogens is 204 g/mol. The fourth-order valence-corrected chi connectivity index (χ4v) is 1.42. The third-order valence-corrected chi connectivity index (χ3v) is 2.02. The van der Waals surface area contributed by atoms with Crippen molar-refractivity contribution in [1.29, 1.82) is 5.26 Å². The summed E-state index contributed by atoms with van der Waals surface area (Å²) in [6, 6.07) is 3.62. The molecule has 0 amide bonds. The minimum absolute atomic E-state index is 0.329. The molecule has 0 bridgehead atoms. The zero-order chi connectivity index (χ0) is 11.7. The predicted octanol–water partition coefficient (Wildman–Crippen LogP) is 0.854. The molecule has 0 aliphatic heterocycles. The van der Waals surface area contributed by atoms with Gasteiger partial charge in [0.05, 0.1) is 0 Å². The Hall–Kier alpha value is -2.29. The number of nitriles is 1. The quantitative estimate of drug-likeness (QED) is 0.703. The molecule has 0 N–H and O–H groups in total.